The van der Waals surface area contributed by atoms with Gasteiger partial charge in [0.2, 0.25) is 5.76 Å². The highest BCUT2D eigenvalue weighted by atomic mass is 35.5. The number of benzene rings is 3. The van der Waals surface area contributed by atoms with E-state index in [1.807, 2.05) is 18.2 Å². The van der Waals surface area contributed by atoms with E-state index in [4.69, 9.17) is 26.5 Å². The number of hydrogen-bond donors (Lipinski definition) is 2. The van der Waals surface area contributed by atoms with E-state index in [9.17, 15) is 9.59 Å². The van der Waals surface area contributed by atoms with Gasteiger partial charge in [0.1, 0.15) is 23.6 Å². The average Bonchev–Trinajstić information content (AvgIpc) is 3.11. The van der Waals surface area contributed by atoms with E-state index in [1.54, 1.807) is 54.6 Å². The Balaban J connectivity index is 1.55. The van der Waals surface area contributed by atoms with Crippen molar-refractivity contribution in [2.45, 2.75) is 6.61 Å². The van der Waals surface area contributed by atoms with Crippen LogP contribution in [0.25, 0.3) is 11.0 Å². The Morgan fingerprint density at radius 2 is 1.80 bits per heavy atom. The number of ether oxygens (including phenoxy) is 1. The number of rotatable bonds is 6. The van der Waals surface area contributed by atoms with Crippen molar-refractivity contribution in [1.29, 1.82) is 0 Å². The molecule has 4 aromatic rings. The van der Waals surface area contributed by atoms with Crippen LogP contribution >= 0.6 is 11.6 Å². The molecule has 0 unspecified atom stereocenters. The molecule has 4 rings (SSSR count). The predicted molar refractivity (Wildman–Crippen MR) is 115 cm³/mol. The van der Waals surface area contributed by atoms with Gasteiger partial charge in [-0.1, -0.05) is 41.9 Å². The van der Waals surface area contributed by atoms with Crippen LogP contribution in [-0.4, -0.2) is 11.8 Å². The molecule has 0 aliphatic rings. The summed E-state index contributed by atoms with van der Waals surface area (Å²) in [5.74, 6) is -0.759. The maximum absolute atomic E-state index is 12.8. The van der Waals surface area contributed by atoms with Crippen LogP contribution in [0.5, 0.6) is 5.75 Å². The number of nitrogens with two attached hydrogens (primary N) is 1. The Hall–Kier alpha value is -3.77. The standard InChI is InChI=1S/C23H17ClN2O4/c24-16-7-3-5-14(11-16)13-29-17-8-4-6-15(12-17)23(28)26-20-18-9-1-2-10-19(18)30-21(20)22(25)27/h1-12H,13H2,(H2,25,27)(H,26,28). The van der Waals surface area contributed by atoms with Crippen LogP contribution in [0, 0.1) is 0 Å². The Bertz CT molecular complexity index is 1250. The van der Waals surface area contributed by atoms with Crippen molar-refractivity contribution in [2.75, 3.05) is 5.32 Å². The highest BCUT2D eigenvalue weighted by Crippen LogP contribution is 2.31. The Kier molecular flexibility index (Phi) is 5.41. The second-order valence-electron chi connectivity index (χ2n) is 6.57. The van der Waals surface area contributed by atoms with Gasteiger partial charge in [-0.2, -0.15) is 0 Å². The van der Waals surface area contributed by atoms with Crippen LogP contribution in [0.1, 0.15) is 26.5 Å². The lowest BCUT2D eigenvalue weighted by Gasteiger charge is -2.09. The number of hydrogen-bond acceptors (Lipinski definition) is 4. The monoisotopic (exact) mass is 420 g/mol. The molecule has 0 aliphatic heterocycles. The van der Waals surface area contributed by atoms with Crippen molar-refractivity contribution >= 4 is 40.1 Å². The first-order valence-corrected chi connectivity index (χ1v) is 9.49. The van der Waals surface area contributed by atoms with Gasteiger partial charge in [0.05, 0.1) is 0 Å². The van der Waals surface area contributed by atoms with Crippen LogP contribution in [0.15, 0.2) is 77.2 Å². The largest absolute Gasteiger partial charge is 0.489 e. The van der Waals surface area contributed by atoms with Gasteiger partial charge in [0.15, 0.2) is 0 Å². The van der Waals surface area contributed by atoms with Gasteiger partial charge in [0, 0.05) is 16.0 Å². The van der Waals surface area contributed by atoms with Crippen molar-refractivity contribution in [1.82, 2.24) is 0 Å². The van der Waals surface area contributed by atoms with Crippen LogP contribution in [0.4, 0.5) is 5.69 Å². The summed E-state index contributed by atoms with van der Waals surface area (Å²) in [6.45, 7) is 0.309. The SMILES string of the molecule is NC(=O)c1oc2ccccc2c1NC(=O)c1cccc(OCc2cccc(Cl)c2)c1. The third-order valence-corrected chi connectivity index (χ3v) is 4.68. The topological polar surface area (TPSA) is 94.6 Å². The second kappa shape index (κ2) is 8.31. The summed E-state index contributed by atoms with van der Waals surface area (Å²) in [7, 11) is 0. The van der Waals surface area contributed by atoms with Crippen LogP contribution in [0.3, 0.4) is 0 Å². The second-order valence-corrected chi connectivity index (χ2v) is 7.00. The van der Waals surface area contributed by atoms with Crippen molar-refractivity contribution in [3.05, 3.63) is 94.7 Å². The van der Waals surface area contributed by atoms with E-state index in [1.165, 1.54) is 0 Å². The molecule has 0 atom stereocenters. The molecule has 7 heteroatoms. The molecule has 3 N–H and O–H groups in total. The summed E-state index contributed by atoms with van der Waals surface area (Å²) in [5, 5.41) is 3.95. The van der Waals surface area contributed by atoms with E-state index in [2.05, 4.69) is 5.32 Å². The number of carbonyl (C=O) groups is 2. The fourth-order valence-electron chi connectivity index (χ4n) is 3.05. The molecular formula is C23H17ClN2O4. The van der Waals surface area contributed by atoms with Crippen molar-refractivity contribution < 1.29 is 18.7 Å². The first kappa shape index (κ1) is 19.5. The first-order chi connectivity index (χ1) is 14.5. The molecule has 150 valence electrons. The predicted octanol–water partition coefficient (Wildman–Crippen LogP) is 5.02. The van der Waals surface area contributed by atoms with Crippen molar-refractivity contribution in [3.63, 3.8) is 0 Å². The Morgan fingerprint density at radius 3 is 2.60 bits per heavy atom. The summed E-state index contributed by atoms with van der Waals surface area (Å²) in [6.07, 6.45) is 0. The zero-order chi connectivity index (χ0) is 21.1. The van der Waals surface area contributed by atoms with Gasteiger partial charge in [-0.3, -0.25) is 9.59 Å². The molecule has 2 amide bonds. The Labute approximate surface area is 177 Å². The molecule has 0 bridgehead atoms. The molecule has 0 saturated carbocycles. The van der Waals surface area contributed by atoms with Gasteiger partial charge < -0.3 is 20.2 Å². The van der Waals surface area contributed by atoms with E-state index in [-0.39, 0.29) is 11.4 Å². The lowest BCUT2D eigenvalue weighted by molar-refractivity contribution is 0.0977. The number of amides is 2. The molecular weight excluding hydrogens is 404 g/mol. The van der Waals surface area contributed by atoms with Crippen LogP contribution in [0.2, 0.25) is 5.02 Å². The third kappa shape index (κ3) is 4.14. The number of para-hydroxylation sites is 1. The molecule has 6 nitrogen and oxygen atoms in total. The number of furan rings is 1. The van der Waals surface area contributed by atoms with Crippen LogP contribution in [-0.2, 0) is 6.61 Å². The van der Waals surface area contributed by atoms with Gasteiger partial charge in [-0.25, -0.2) is 0 Å². The minimum absolute atomic E-state index is 0.0992. The van der Waals surface area contributed by atoms with Gasteiger partial charge in [-0.15, -0.1) is 0 Å². The molecule has 1 aromatic heterocycles. The minimum atomic E-state index is -0.764. The molecule has 0 radical (unpaired) electrons. The molecule has 30 heavy (non-hydrogen) atoms. The molecule has 0 spiro atoms. The number of carbonyl (C=O) groups excluding carboxylic acids is 2. The molecule has 1 heterocycles. The fraction of sp³-hybridized carbons (Fsp3) is 0.0435. The van der Waals surface area contributed by atoms with E-state index in [0.29, 0.717) is 33.9 Å². The summed E-state index contributed by atoms with van der Waals surface area (Å²) < 4.78 is 11.3. The number of primary amides is 1. The summed E-state index contributed by atoms with van der Waals surface area (Å²) in [4.78, 5) is 24.6. The maximum atomic E-state index is 12.8. The number of fused-ring (bicyclic) bond motifs is 1. The van der Waals surface area contributed by atoms with E-state index >= 15 is 0 Å². The number of anilines is 1. The smallest absolute Gasteiger partial charge is 0.286 e. The highest BCUT2D eigenvalue weighted by Gasteiger charge is 2.21. The van der Waals surface area contributed by atoms with Gasteiger partial charge in [0.25, 0.3) is 11.8 Å². The van der Waals surface area contributed by atoms with Crippen molar-refractivity contribution in [2.24, 2.45) is 5.73 Å². The third-order valence-electron chi connectivity index (χ3n) is 4.45. The summed E-state index contributed by atoms with van der Waals surface area (Å²) in [5.41, 5.74) is 7.38. The lowest BCUT2D eigenvalue weighted by Crippen LogP contribution is -2.17. The lowest BCUT2D eigenvalue weighted by atomic mass is 10.1. The number of nitrogens with one attached hydrogen (secondary N) is 1. The normalized spacial score (nSPS) is 10.7. The van der Waals surface area contributed by atoms with E-state index < -0.39 is 11.8 Å². The minimum Gasteiger partial charge on any atom is -0.489 e. The molecule has 0 aliphatic carbocycles. The molecule has 3 aromatic carbocycles. The number of halogens is 1. The zero-order valence-electron chi connectivity index (χ0n) is 15.7. The first-order valence-electron chi connectivity index (χ1n) is 9.11. The maximum Gasteiger partial charge on any atom is 0.286 e. The molecule has 0 fully saturated rings. The van der Waals surface area contributed by atoms with E-state index in [0.717, 1.165) is 5.56 Å². The van der Waals surface area contributed by atoms with Gasteiger partial charge in [-0.05, 0) is 48.0 Å². The summed E-state index contributed by atoms with van der Waals surface area (Å²) >= 11 is 5.99. The zero-order valence-corrected chi connectivity index (χ0v) is 16.5. The van der Waals surface area contributed by atoms with Crippen molar-refractivity contribution in [3.8, 4) is 5.75 Å². The molecule has 0 saturated heterocycles. The average molecular weight is 421 g/mol. The Morgan fingerprint density at radius 1 is 1.00 bits per heavy atom. The quantitative estimate of drug-likeness (QED) is 0.458. The highest BCUT2D eigenvalue weighted by molar-refractivity contribution is 6.30. The fourth-order valence-corrected chi connectivity index (χ4v) is 3.26. The van der Waals surface area contributed by atoms with Crippen LogP contribution < -0.4 is 15.8 Å². The summed E-state index contributed by atoms with van der Waals surface area (Å²) in [6, 6.07) is 21.1. The van der Waals surface area contributed by atoms with Gasteiger partial charge >= 0.3 is 0 Å².